The van der Waals surface area contributed by atoms with E-state index in [-0.39, 0.29) is 23.3 Å². The van der Waals surface area contributed by atoms with E-state index in [4.69, 9.17) is 0 Å². The molecule has 0 saturated heterocycles. The van der Waals surface area contributed by atoms with Crippen LogP contribution in [0.4, 0.5) is 5.82 Å². The molecule has 106 valence electrons. The third-order valence-corrected chi connectivity index (χ3v) is 3.63. The lowest BCUT2D eigenvalue weighted by Crippen LogP contribution is -2.34. The van der Waals surface area contributed by atoms with Gasteiger partial charge in [0.25, 0.3) is 0 Å². The minimum Gasteiger partial charge on any atom is -0.358 e. The van der Waals surface area contributed by atoms with Gasteiger partial charge in [0.2, 0.25) is 10.0 Å². The van der Waals surface area contributed by atoms with Crippen molar-refractivity contribution in [3.63, 3.8) is 0 Å². The summed E-state index contributed by atoms with van der Waals surface area (Å²) in [6.45, 7) is 4.64. The minimum absolute atomic E-state index is 0.0948. The second-order valence-corrected chi connectivity index (χ2v) is 5.88. The Balaban J connectivity index is 2.64. The molecule has 1 aromatic heterocycles. The third kappa shape index (κ3) is 4.89. The molecule has 0 aliphatic heterocycles. The Morgan fingerprint density at radius 3 is 2.53 bits per heavy atom. The molecule has 0 amide bonds. The smallest absolute Gasteiger partial charge is 0.358 e. The molecule has 0 atom stereocenters. The molecule has 0 radical (unpaired) electrons. The van der Waals surface area contributed by atoms with E-state index in [0.717, 1.165) is 18.3 Å². The van der Waals surface area contributed by atoms with Gasteiger partial charge in [-0.15, -0.1) is 0 Å². The van der Waals surface area contributed by atoms with Crippen LogP contribution in [0.5, 0.6) is 0 Å². The zero-order valence-electron chi connectivity index (χ0n) is 10.7. The summed E-state index contributed by atoms with van der Waals surface area (Å²) in [7, 11) is -3.68. The number of pyridine rings is 1. The van der Waals surface area contributed by atoms with Crippen LogP contribution < -0.4 is 10.0 Å². The fraction of sp³-hybridized carbons (Fsp3) is 0.500. The molecule has 0 unspecified atom stereocenters. The Morgan fingerprint density at radius 2 is 2.05 bits per heavy atom. The molecule has 19 heavy (non-hydrogen) atoms. The van der Waals surface area contributed by atoms with E-state index in [1.807, 2.05) is 13.8 Å². The third-order valence-electron chi connectivity index (χ3n) is 2.19. The van der Waals surface area contributed by atoms with Crippen molar-refractivity contribution in [2.24, 2.45) is 0 Å². The van der Waals surface area contributed by atoms with E-state index in [9.17, 15) is 18.5 Å². The van der Waals surface area contributed by atoms with Gasteiger partial charge in [-0.1, -0.05) is 13.8 Å². The number of hydrogen-bond donors (Lipinski definition) is 2. The van der Waals surface area contributed by atoms with Crippen molar-refractivity contribution in [3.05, 3.63) is 28.4 Å². The Morgan fingerprint density at radius 1 is 1.37 bits per heavy atom. The van der Waals surface area contributed by atoms with E-state index in [1.165, 1.54) is 0 Å². The van der Waals surface area contributed by atoms with Crippen molar-refractivity contribution in [2.75, 3.05) is 13.1 Å². The van der Waals surface area contributed by atoms with Gasteiger partial charge in [-0.3, -0.25) is 0 Å². The Hall–Kier alpha value is -1.58. The number of rotatable bonds is 7. The number of nitrogens with zero attached hydrogens (tertiary/aromatic N) is 2. The summed E-state index contributed by atoms with van der Waals surface area (Å²) in [5.41, 5.74) is 0. The number of nitro groups is 1. The van der Waals surface area contributed by atoms with E-state index in [1.54, 1.807) is 0 Å². The van der Waals surface area contributed by atoms with Crippen LogP contribution in [-0.4, -0.2) is 37.5 Å². The maximum Gasteiger partial charge on any atom is 0.363 e. The standard InChI is InChI=1S/C10H16N4O4S/c1-8(2)11-5-6-13-19(17,18)9-3-4-10(12-7-9)14(15)16/h3-4,7-8,11,13H,5-6H2,1-2H3. The average molecular weight is 288 g/mol. The molecule has 1 rings (SSSR count). The van der Waals surface area contributed by atoms with E-state index in [0.29, 0.717) is 6.54 Å². The monoisotopic (exact) mass is 288 g/mol. The first-order valence-electron chi connectivity index (χ1n) is 5.66. The fourth-order valence-electron chi connectivity index (χ4n) is 1.27. The van der Waals surface area contributed by atoms with Crippen molar-refractivity contribution in [1.82, 2.24) is 15.0 Å². The number of nitrogens with one attached hydrogen (secondary N) is 2. The average Bonchev–Trinajstić information content (AvgIpc) is 2.34. The predicted molar refractivity (Wildman–Crippen MR) is 69.2 cm³/mol. The lowest BCUT2D eigenvalue weighted by Gasteiger charge is -2.09. The number of sulfonamides is 1. The normalized spacial score (nSPS) is 11.7. The molecule has 0 spiro atoms. The van der Waals surface area contributed by atoms with Gasteiger partial charge in [0.15, 0.2) is 6.20 Å². The largest absolute Gasteiger partial charge is 0.363 e. The van der Waals surface area contributed by atoms with Crippen molar-refractivity contribution >= 4 is 15.8 Å². The van der Waals surface area contributed by atoms with Gasteiger partial charge in [0, 0.05) is 25.2 Å². The van der Waals surface area contributed by atoms with Crippen molar-refractivity contribution in [1.29, 1.82) is 0 Å². The second-order valence-electron chi connectivity index (χ2n) is 4.12. The van der Waals surface area contributed by atoms with E-state index in [2.05, 4.69) is 15.0 Å². The molecular formula is C10H16N4O4S. The van der Waals surface area contributed by atoms with Crippen LogP contribution in [0.2, 0.25) is 0 Å². The number of aromatic nitrogens is 1. The Kier molecular flexibility index (Phi) is 5.33. The molecule has 2 N–H and O–H groups in total. The molecule has 0 fully saturated rings. The molecule has 0 aromatic carbocycles. The van der Waals surface area contributed by atoms with Crippen LogP contribution in [0, 0.1) is 10.1 Å². The van der Waals surface area contributed by atoms with Crippen LogP contribution in [0.1, 0.15) is 13.8 Å². The summed E-state index contributed by atoms with van der Waals surface area (Å²) >= 11 is 0. The van der Waals surface area contributed by atoms with Gasteiger partial charge in [-0.25, -0.2) is 13.1 Å². The van der Waals surface area contributed by atoms with Crippen LogP contribution in [0.15, 0.2) is 23.2 Å². The first kappa shape index (κ1) is 15.5. The van der Waals surface area contributed by atoms with Crippen LogP contribution >= 0.6 is 0 Å². The number of hydrogen-bond acceptors (Lipinski definition) is 6. The summed E-state index contributed by atoms with van der Waals surface area (Å²) < 4.78 is 26.0. The van der Waals surface area contributed by atoms with Gasteiger partial charge < -0.3 is 15.4 Å². The van der Waals surface area contributed by atoms with Gasteiger partial charge in [0.05, 0.1) is 0 Å². The molecule has 0 aliphatic rings. The summed E-state index contributed by atoms with van der Waals surface area (Å²) in [6.07, 6.45) is 0.969. The zero-order valence-corrected chi connectivity index (χ0v) is 11.5. The summed E-state index contributed by atoms with van der Waals surface area (Å²) in [4.78, 5) is 13.1. The van der Waals surface area contributed by atoms with Crippen molar-refractivity contribution in [3.8, 4) is 0 Å². The lowest BCUT2D eigenvalue weighted by molar-refractivity contribution is -0.389. The highest BCUT2D eigenvalue weighted by Crippen LogP contribution is 2.11. The second kappa shape index (κ2) is 6.55. The first-order valence-corrected chi connectivity index (χ1v) is 7.15. The van der Waals surface area contributed by atoms with Gasteiger partial charge in [-0.05, 0) is 16.0 Å². The quantitative estimate of drug-likeness (QED) is 0.423. The summed E-state index contributed by atoms with van der Waals surface area (Å²) in [6, 6.07) is 2.48. The highest BCUT2D eigenvalue weighted by atomic mass is 32.2. The molecule has 0 saturated carbocycles. The minimum atomic E-state index is -3.68. The molecule has 0 bridgehead atoms. The molecule has 1 heterocycles. The van der Waals surface area contributed by atoms with Crippen LogP contribution in [0.25, 0.3) is 0 Å². The van der Waals surface area contributed by atoms with Crippen molar-refractivity contribution in [2.45, 2.75) is 24.8 Å². The first-order chi connectivity index (χ1) is 8.83. The van der Waals surface area contributed by atoms with Crippen LogP contribution in [-0.2, 0) is 10.0 Å². The highest BCUT2D eigenvalue weighted by Gasteiger charge is 2.17. The molecule has 1 aromatic rings. The zero-order chi connectivity index (χ0) is 14.5. The van der Waals surface area contributed by atoms with E-state index < -0.39 is 14.9 Å². The summed E-state index contributed by atoms with van der Waals surface area (Å²) in [5.74, 6) is -0.388. The molecular weight excluding hydrogens is 272 g/mol. The maximum absolute atomic E-state index is 11.8. The fourth-order valence-corrected chi connectivity index (χ4v) is 2.25. The maximum atomic E-state index is 11.8. The van der Waals surface area contributed by atoms with Crippen LogP contribution in [0.3, 0.4) is 0 Å². The Bertz CT molecular complexity index is 527. The Labute approximate surface area is 111 Å². The van der Waals surface area contributed by atoms with E-state index >= 15 is 0 Å². The molecule has 8 nitrogen and oxygen atoms in total. The van der Waals surface area contributed by atoms with Gasteiger partial charge in [-0.2, -0.15) is 0 Å². The predicted octanol–water partition coefficient (Wildman–Crippen LogP) is 0.266. The SMILES string of the molecule is CC(C)NCCNS(=O)(=O)c1ccc([N+](=O)[O-])nc1. The highest BCUT2D eigenvalue weighted by molar-refractivity contribution is 7.89. The molecule has 9 heteroatoms. The van der Waals surface area contributed by atoms with Gasteiger partial charge >= 0.3 is 5.82 Å². The summed E-state index contributed by atoms with van der Waals surface area (Å²) in [5, 5.41) is 13.5. The van der Waals surface area contributed by atoms with Gasteiger partial charge in [0.1, 0.15) is 4.90 Å². The molecule has 0 aliphatic carbocycles. The lowest BCUT2D eigenvalue weighted by atomic mass is 10.4. The topological polar surface area (TPSA) is 114 Å². The van der Waals surface area contributed by atoms with Crippen molar-refractivity contribution < 1.29 is 13.3 Å².